The molecule has 0 radical (unpaired) electrons. The van der Waals surface area contributed by atoms with E-state index in [4.69, 9.17) is 0 Å². The van der Waals surface area contributed by atoms with Gasteiger partial charge in [-0.05, 0) is 26.1 Å². The topological polar surface area (TPSA) is 20.3 Å². The molecule has 0 amide bonds. The first-order valence-corrected chi connectivity index (χ1v) is 6.11. The summed E-state index contributed by atoms with van der Waals surface area (Å²) in [5, 5.41) is 0. The van der Waals surface area contributed by atoms with Crippen molar-refractivity contribution in [1.82, 2.24) is 4.90 Å². The molecule has 3 rings (SSSR count). The highest BCUT2D eigenvalue weighted by Crippen LogP contribution is 2.55. The van der Waals surface area contributed by atoms with Crippen molar-refractivity contribution >= 4 is 5.78 Å². The quantitative estimate of drug-likeness (QED) is 0.722. The van der Waals surface area contributed by atoms with Crippen LogP contribution in [0.15, 0.2) is 42.5 Å². The van der Waals surface area contributed by atoms with Gasteiger partial charge in [0.1, 0.15) is 0 Å². The zero-order valence-corrected chi connectivity index (χ0v) is 10.3. The molecule has 2 aliphatic carbocycles. The molecule has 17 heavy (non-hydrogen) atoms. The first-order chi connectivity index (χ1) is 8.18. The number of Topliss-reactive ketones (excluding diaryl/α,β-unsaturated/α-hetero) is 1. The number of benzene rings is 1. The molecule has 0 saturated heterocycles. The Morgan fingerprint density at radius 2 is 1.94 bits per heavy atom. The van der Waals surface area contributed by atoms with Crippen molar-refractivity contribution in [1.29, 1.82) is 0 Å². The summed E-state index contributed by atoms with van der Waals surface area (Å²) in [5.41, 5.74) is 0.909. The maximum absolute atomic E-state index is 12.5. The summed E-state index contributed by atoms with van der Waals surface area (Å²) >= 11 is 0. The number of fused-ring (bicyclic) bond motifs is 1. The van der Waals surface area contributed by atoms with Gasteiger partial charge in [-0.1, -0.05) is 42.5 Å². The van der Waals surface area contributed by atoms with Gasteiger partial charge in [-0.25, -0.2) is 0 Å². The number of nitrogens with zero attached hydrogens (tertiary/aromatic N) is 1. The summed E-state index contributed by atoms with van der Waals surface area (Å²) < 4.78 is 0. The van der Waals surface area contributed by atoms with Gasteiger partial charge in [0.05, 0.1) is 11.5 Å². The van der Waals surface area contributed by atoms with E-state index in [1.807, 2.05) is 32.3 Å². The standard InChI is InChI=1S/C15H17NO/c1-16(2)15-10-6-9-12(15)13(14(15)17)11-7-4-3-5-8-11/h3-9,12-13H,10H2,1-2H3/t12-,13+,15+/m0/s1. The molecule has 0 heterocycles. The minimum Gasteiger partial charge on any atom is -0.297 e. The van der Waals surface area contributed by atoms with Crippen molar-refractivity contribution in [3.8, 4) is 0 Å². The zero-order valence-electron chi connectivity index (χ0n) is 10.3. The summed E-state index contributed by atoms with van der Waals surface area (Å²) in [6.45, 7) is 0. The second kappa shape index (κ2) is 3.54. The number of hydrogen-bond acceptors (Lipinski definition) is 2. The lowest BCUT2D eigenvalue weighted by molar-refractivity contribution is -0.147. The van der Waals surface area contributed by atoms with Crippen LogP contribution in [-0.2, 0) is 4.79 Å². The molecular formula is C15H17NO. The van der Waals surface area contributed by atoms with Crippen LogP contribution in [0.1, 0.15) is 17.9 Å². The molecule has 0 bridgehead atoms. The molecule has 2 aliphatic rings. The first kappa shape index (κ1) is 10.7. The van der Waals surface area contributed by atoms with E-state index in [2.05, 4.69) is 29.2 Å². The van der Waals surface area contributed by atoms with E-state index in [1.165, 1.54) is 0 Å². The summed E-state index contributed by atoms with van der Waals surface area (Å²) in [6, 6.07) is 10.1. The van der Waals surface area contributed by atoms with Gasteiger partial charge in [-0.2, -0.15) is 0 Å². The van der Waals surface area contributed by atoms with Crippen molar-refractivity contribution in [2.24, 2.45) is 5.92 Å². The predicted molar refractivity (Wildman–Crippen MR) is 67.9 cm³/mol. The molecule has 2 nitrogen and oxygen atoms in total. The Balaban J connectivity index is 1.97. The lowest BCUT2D eigenvalue weighted by Gasteiger charge is -2.53. The highest BCUT2D eigenvalue weighted by atomic mass is 16.1. The van der Waals surface area contributed by atoms with Gasteiger partial charge < -0.3 is 0 Å². The normalized spacial score (nSPS) is 34.9. The number of likely N-dealkylation sites (N-methyl/N-ethyl adjacent to an activating group) is 1. The van der Waals surface area contributed by atoms with Crippen molar-refractivity contribution in [3.63, 3.8) is 0 Å². The van der Waals surface area contributed by atoms with Gasteiger partial charge in [-0.3, -0.25) is 9.69 Å². The van der Waals surface area contributed by atoms with E-state index in [1.54, 1.807) is 0 Å². The highest BCUT2D eigenvalue weighted by molar-refractivity contribution is 6.03. The van der Waals surface area contributed by atoms with Gasteiger partial charge >= 0.3 is 0 Å². The van der Waals surface area contributed by atoms with Crippen LogP contribution in [0.4, 0.5) is 0 Å². The predicted octanol–water partition coefficient (Wildman–Crippen LogP) is 2.23. The Morgan fingerprint density at radius 1 is 1.24 bits per heavy atom. The number of hydrogen-bond donors (Lipinski definition) is 0. The van der Waals surface area contributed by atoms with Crippen molar-refractivity contribution in [3.05, 3.63) is 48.0 Å². The number of ketones is 1. The van der Waals surface area contributed by atoms with Crippen molar-refractivity contribution in [2.75, 3.05) is 14.1 Å². The van der Waals surface area contributed by atoms with E-state index < -0.39 is 0 Å². The third kappa shape index (κ3) is 1.22. The van der Waals surface area contributed by atoms with Crippen LogP contribution in [0.5, 0.6) is 0 Å². The van der Waals surface area contributed by atoms with Crippen LogP contribution in [0.2, 0.25) is 0 Å². The van der Waals surface area contributed by atoms with Gasteiger partial charge in [0, 0.05) is 5.92 Å². The molecule has 0 aromatic heterocycles. The SMILES string of the molecule is CN(C)[C@]12CC=C[C@H]1[C@@H](c1ccccc1)C2=O. The molecule has 1 fully saturated rings. The first-order valence-electron chi connectivity index (χ1n) is 6.11. The molecule has 2 heteroatoms. The monoisotopic (exact) mass is 227 g/mol. The van der Waals surface area contributed by atoms with Crippen LogP contribution in [0, 0.1) is 5.92 Å². The molecular weight excluding hydrogens is 210 g/mol. The van der Waals surface area contributed by atoms with E-state index in [9.17, 15) is 4.79 Å². The molecule has 0 unspecified atom stereocenters. The third-order valence-corrected chi connectivity index (χ3v) is 4.35. The molecule has 0 spiro atoms. The average Bonchev–Trinajstić information content (AvgIpc) is 2.70. The summed E-state index contributed by atoms with van der Waals surface area (Å²) in [7, 11) is 4.03. The lowest BCUT2D eigenvalue weighted by Crippen LogP contribution is -2.66. The molecule has 3 atom stereocenters. The fourth-order valence-electron chi connectivity index (χ4n) is 3.40. The molecule has 0 aliphatic heterocycles. The molecule has 1 aromatic rings. The number of carbonyl (C=O) groups excluding carboxylic acids is 1. The van der Waals surface area contributed by atoms with E-state index in [-0.39, 0.29) is 11.5 Å². The summed E-state index contributed by atoms with van der Waals surface area (Å²) in [5.74, 6) is 0.799. The van der Waals surface area contributed by atoms with Crippen LogP contribution in [-0.4, -0.2) is 30.3 Å². The fourth-order valence-corrected chi connectivity index (χ4v) is 3.40. The summed E-state index contributed by atoms with van der Waals surface area (Å²) in [4.78, 5) is 14.6. The smallest absolute Gasteiger partial charge is 0.162 e. The van der Waals surface area contributed by atoms with Gasteiger partial charge in [0.15, 0.2) is 5.78 Å². The largest absolute Gasteiger partial charge is 0.297 e. The van der Waals surface area contributed by atoms with Crippen LogP contribution in [0.25, 0.3) is 0 Å². The van der Waals surface area contributed by atoms with Crippen molar-refractivity contribution in [2.45, 2.75) is 17.9 Å². The Bertz CT molecular complexity index is 477. The molecule has 1 aromatic carbocycles. The minimum atomic E-state index is -0.249. The van der Waals surface area contributed by atoms with Crippen molar-refractivity contribution < 1.29 is 4.79 Å². The van der Waals surface area contributed by atoms with Gasteiger partial charge in [0.25, 0.3) is 0 Å². The Morgan fingerprint density at radius 3 is 2.59 bits per heavy atom. The highest BCUT2D eigenvalue weighted by Gasteiger charge is 2.63. The van der Waals surface area contributed by atoms with Crippen LogP contribution in [0.3, 0.4) is 0 Å². The van der Waals surface area contributed by atoms with Gasteiger partial charge in [0.2, 0.25) is 0 Å². The zero-order chi connectivity index (χ0) is 12.0. The number of rotatable bonds is 2. The van der Waals surface area contributed by atoms with E-state index in [0.29, 0.717) is 11.7 Å². The van der Waals surface area contributed by atoms with Crippen LogP contribution >= 0.6 is 0 Å². The van der Waals surface area contributed by atoms with E-state index >= 15 is 0 Å². The van der Waals surface area contributed by atoms with E-state index in [0.717, 1.165) is 12.0 Å². The Hall–Kier alpha value is -1.41. The minimum absolute atomic E-state index is 0.0670. The molecule has 1 saturated carbocycles. The summed E-state index contributed by atoms with van der Waals surface area (Å²) in [6.07, 6.45) is 5.25. The third-order valence-electron chi connectivity index (χ3n) is 4.35. The molecule has 88 valence electrons. The second-order valence-electron chi connectivity index (χ2n) is 5.23. The second-order valence-corrected chi connectivity index (χ2v) is 5.23. The Labute approximate surface area is 102 Å². The molecule has 0 N–H and O–H groups in total. The lowest BCUT2D eigenvalue weighted by atomic mass is 9.56. The van der Waals surface area contributed by atoms with Gasteiger partial charge in [-0.15, -0.1) is 0 Å². The average molecular weight is 227 g/mol. The maximum Gasteiger partial charge on any atom is 0.162 e. The number of carbonyl (C=O) groups is 1. The maximum atomic E-state index is 12.5. The van der Waals surface area contributed by atoms with Crippen LogP contribution < -0.4 is 0 Å². The Kier molecular flexibility index (Phi) is 2.23. The fraction of sp³-hybridized carbons (Fsp3) is 0.400.